The number of carbonyl (C=O) groups excluding carboxylic acids is 1. The summed E-state index contributed by atoms with van der Waals surface area (Å²) in [4.78, 5) is 23.8. The molecular weight excluding hydrogens is 594 g/mol. The van der Waals surface area contributed by atoms with Crippen LogP contribution in [0.3, 0.4) is 0 Å². The van der Waals surface area contributed by atoms with Crippen molar-refractivity contribution in [3.8, 4) is 23.3 Å². The van der Waals surface area contributed by atoms with E-state index in [9.17, 15) is 15.2 Å². The van der Waals surface area contributed by atoms with E-state index in [0.29, 0.717) is 81.8 Å². The number of hydrogen-bond acceptors (Lipinski definition) is 9. The van der Waals surface area contributed by atoms with Crippen molar-refractivity contribution in [2.45, 2.75) is 32.8 Å². The number of anilines is 2. The minimum atomic E-state index is -0.439. The van der Waals surface area contributed by atoms with Gasteiger partial charge in [0, 0.05) is 49.6 Å². The lowest BCUT2D eigenvalue weighted by Crippen LogP contribution is -2.46. The zero-order valence-electron chi connectivity index (χ0n) is 25.1. The van der Waals surface area contributed by atoms with E-state index >= 15 is 0 Å². The Hall–Kier alpha value is -4.59. The molecule has 2 aromatic carbocycles. The van der Waals surface area contributed by atoms with Crippen LogP contribution in [0.4, 0.5) is 16.2 Å². The van der Waals surface area contributed by atoms with E-state index in [1.807, 2.05) is 19.1 Å². The average Bonchev–Trinajstić information content (AvgIpc) is 3.26. The van der Waals surface area contributed by atoms with E-state index in [0.717, 1.165) is 30.5 Å². The van der Waals surface area contributed by atoms with Crippen LogP contribution in [0.2, 0.25) is 5.02 Å². The van der Waals surface area contributed by atoms with Crippen LogP contribution >= 0.6 is 11.6 Å². The maximum absolute atomic E-state index is 13.3. The molecule has 2 bridgehead atoms. The van der Waals surface area contributed by atoms with Crippen LogP contribution in [0.1, 0.15) is 36.1 Å². The molecule has 2 aliphatic rings. The Morgan fingerprint density at radius 2 is 1.96 bits per heavy atom. The fourth-order valence-electron chi connectivity index (χ4n) is 6.56. The molecule has 10 nitrogen and oxygen atoms in total. The Morgan fingerprint density at radius 3 is 2.64 bits per heavy atom. The van der Waals surface area contributed by atoms with Gasteiger partial charge in [0.15, 0.2) is 11.5 Å². The Labute approximate surface area is 266 Å². The highest BCUT2D eigenvalue weighted by molar-refractivity contribution is 6.33. The van der Waals surface area contributed by atoms with Crippen LogP contribution in [0.25, 0.3) is 10.9 Å². The number of likely N-dealkylation sites (tertiary alicyclic amines) is 1. The van der Waals surface area contributed by atoms with Gasteiger partial charge in [-0.3, -0.25) is 9.97 Å². The summed E-state index contributed by atoms with van der Waals surface area (Å²) in [6.07, 6.45) is 5.65. The van der Waals surface area contributed by atoms with Gasteiger partial charge >= 0.3 is 6.09 Å². The van der Waals surface area contributed by atoms with E-state index in [-0.39, 0.29) is 12.4 Å². The summed E-state index contributed by atoms with van der Waals surface area (Å²) in [7, 11) is 1.50. The van der Waals surface area contributed by atoms with Gasteiger partial charge in [-0.2, -0.15) is 5.26 Å². The maximum Gasteiger partial charge on any atom is 0.415 e. The van der Waals surface area contributed by atoms with Crippen molar-refractivity contribution in [2.75, 3.05) is 32.1 Å². The summed E-state index contributed by atoms with van der Waals surface area (Å²) in [5.74, 6) is 2.35. The number of aliphatic hydroxyl groups is 1. The van der Waals surface area contributed by atoms with Gasteiger partial charge in [0.05, 0.1) is 40.3 Å². The topological polar surface area (TPSA) is 130 Å². The Balaban J connectivity index is 1.22. The number of nitriles is 1. The van der Waals surface area contributed by atoms with Crippen molar-refractivity contribution >= 4 is 40.0 Å². The number of aryl methyl sites for hydroxylation is 1. The standard InChI is InChI=1S/C34H34ClN5O5/c1-20-4-3-10-37-30(20)19-44-24-7-8-28(27(35)12-24)39-33-23(15-36)16-38-29-14-32(31(43-2)13-26(29)33)45-34(42)40-17-21-5-6-22(18-40)25(21)9-11-41/h3-4,7-8,10,12-14,16,21-22,25,41H,5-6,9,11,17-19H2,1-2H3,(H,38,39). The molecule has 0 radical (unpaired) electrons. The normalized spacial score (nSPS) is 18.8. The largest absolute Gasteiger partial charge is 0.493 e. The molecule has 1 amide bonds. The number of nitrogens with one attached hydrogen (secondary N) is 1. The van der Waals surface area contributed by atoms with Crippen molar-refractivity contribution in [1.29, 1.82) is 5.26 Å². The Kier molecular flexibility index (Phi) is 8.92. The molecule has 2 unspecified atom stereocenters. The van der Waals surface area contributed by atoms with Crippen molar-refractivity contribution in [3.05, 3.63) is 76.7 Å². The van der Waals surface area contributed by atoms with Gasteiger partial charge in [0.25, 0.3) is 0 Å². The van der Waals surface area contributed by atoms with Gasteiger partial charge in [0.2, 0.25) is 0 Å². The highest BCUT2D eigenvalue weighted by Crippen LogP contribution is 2.44. The quantitative estimate of drug-likeness (QED) is 0.210. The Bertz CT molecular complexity index is 1760. The second-order valence-electron chi connectivity index (χ2n) is 11.5. The van der Waals surface area contributed by atoms with E-state index in [2.05, 4.69) is 21.4 Å². The molecule has 2 N–H and O–H groups in total. The summed E-state index contributed by atoms with van der Waals surface area (Å²) < 4.78 is 17.4. The van der Waals surface area contributed by atoms with Crippen LogP contribution < -0.4 is 19.5 Å². The summed E-state index contributed by atoms with van der Waals surface area (Å²) in [6.45, 7) is 3.68. The van der Waals surface area contributed by atoms with Crippen molar-refractivity contribution in [2.24, 2.45) is 17.8 Å². The molecule has 6 rings (SSSR count). The third-order valence-corrected chi connectivity index (χ3v) is 9.23. The second kappa shape index (κ2) is 13.2. The number of aliphatic hydroxyl groups excluding tert-OH is 1. The molecule has 2 atom stereocenters. The first-order chi connectivity index (χ1) is 21.9. The molecule has 232 valence electrons. The number of ether oxygens (including phenoxy) is 3. The minimum Gasteiger partial charge on any atom is -0.493 e. The lowest BCUT2D eigenvalue weighted by Gasteiger charge is -2.37. The molecule has 3 heterocycles. The van der Waals surface area contributed by atoms with Gasteiger partial charge in [0.1, 0.15) is 18.4 Å². The van der Waals surface area contributed by atoms with Crippen LogP contribution in [-0.4, -0.2) is 52.9 Å². The fourth-order valence-corrected chi connectivity index (χ4v) is 6.78. The first kappa shape index (κ1) is 30.4. The number of piperidine rings is 1. The number of aromatic nitrogens is 2. The predicted molar refractivity (Wildman–Crippen MR) is 170 cm³/mol. The summed E-state index contributed by atoms with van der Waals surface area (Å²) >= 11 is 6.65. The molecule has 0 spiro atoms. The summed E-state index contributed by atoms with van der Waals surface area (Å²) in [6, 6.07) is 14.7. The monoisotopic (exact) mass is 627 g/mol. The van der Waals surface area contributed by atoms with Crippen molar-refractivity contribution in [1.82, 2.24) is 14.9 Å². The molecule has 11 heteroatoms. The number of methoxy groups -OCH3 is 1. The third kappa shape index (κ3) is 6.32. The smallest absolute Gasteiger partial charge is 0.415 e. The first-order valence-electron chi connectivity index (χ1n) is 15.0. The molecule has 1 aliphatic carbocycles. The zero-order chi connectivity index (χ0) is 31.5. The predicted octanol–water partition coefficient (Wildman–Crippen LogP) is 6.63. The third-order valence-electron chi connectivity index (χ3n) is 8.91. The summed E-state index contributed by atoms with van der Waals surface area (Å²) in [5.41, 5.74) is 3.74. The van der Waals surface area contributed by atoms with Gasteiger partial charge < -0.3 is 29.5 Å². The number of rotatable bonds is 9. The minimum absolute atomic E-state index is 0.173. The lowest BCUT2D eigenvalue weighted by atomic mass is 9.83. The number of benzene rings is 2. The second-order valence-corrected chi connectivity index (χ2v) is 12.0. The number of pyridine rings is 2. The van der Waals surface area contributed by atoms with Crippen LogP contribution in [0.15, 0.2) is 54.9 Å². The molecule has 45 heavy (non-hydrogen) atoms. The molecule has 4 aromatic rings. The van der Waals surface area contributed by atoms with Gasteiger partial charge in [-0.1, -0.05) is 17.7 Å². The van der Waals surface area contributed by atoms with Gasteiger partial charge in [-0.05, 0) is 73.8 Å². The van der Waals surface area contributed by atoms with E-state index < -0.39 is 6.09 Å². The van der Waals surface area contributed by atoms with E-state index in [4.69, 9.17) is 25.8 Å². The van der Waals surface area contributed by atoms with Crippen LogP contribution in [0, 0.1) is 36.0 Å². The number of nitrogens with zero attached hydrogens (tertiary/aromatic N) is 4. The van der Waals surface area contributed by atoms with Gasteiger partial charge in [-0.15, -0.1) is 0 Å². The SMILES string of the molecule is COc1cc2c(Nc3ccc(OCc4ncccc4C)cc3Cl)c(C#N)cnc2cc1OC(=O)N1CC2CCC(C1)C2CCO. The molecule has 1 aliphatic heterocycles. The number of halogens is 1. The number of carbonyl (C=O) groups is 1. The fraction of sp³-hybridized carbons (Fsp3) is 0.353. The first-order valence-corrected chi connectivity index (χ1v) is 15.3. The molecular formula is C34H34ClN5O5. The van der Waals surface area contributed by atoms with Gasteiger partial charge in [-0.25, -0.2) is 4.79 Å². The van der Waals surface area contributed by atoms with E-state index in [1.54, 1.807) is 41.4 Å². The molecule has 2 fully saturated rings. The number of amides is 1. The molecule has 1 saturated heterocycles. The summed E-state index contributed by atoms with van der Waals surface area (Å²) in [5, 5.41) is 23.6. The zero-order valence-corrected chi connectivity index (χ0v) is 25.9. The van der Waals surface area contributed by atoms with Crippen LogP contribution in [-0.2, 0) is 6.61 Å². The maximum atomic E-state index is 13.3. The molecule has 1 saturated carbocycles. The van der Waals surface area contributed by atoms with Crippen molar-refractivity contribution in [3.63, 3.8) is 0 Å². The Morgan fingerprint density at radius 1 is 1.16 bits per heavy atom. The highest BCUT2D eigenvalue weighted by Gasteiger charge is 2.43. The van der Waals surface area contributed by atoms with Crippen molar-refractivity contribution < 1.29 is 24.1 Å². The molecule has 2 aromatic heterocycles. The van der Waals surface area contributed by atoms with Crippen LogP contribution in [0.5, 0.6) is 17.2 Å². The average molecular weight is 628 g/mol. The lowest BCUT2D eigenvalue weighted by molar-refractivity contribution is 0.0832. The highest BCUT2D eigenvalue weighted by atomic mass is 35.5. The van der Waals surface area contributed by atoms with E-state index in [1.165, 1.54) is 13.3 Å². The number of fused-ring (bicyclic) bond motifs is 3. The number of hydrogen-bond donors (Lipinski definition) is 2.